The van der Waals surface area contributed by atoms with Crippen LogP contribution in [-0.2, 0) is 17.7 Å². The van der Waals surface area contributed by atoms with Gasteiger partial charge >= 0.3 is 0 Å². The summed E-state index contributed by atoms with van der Waals surface area (Å²) in [5.74, 6) is 0.968. The quantitative estimate of drug-likeness (QED) is 0.764. The molecule has 8 heteroatoms. The van der Waals surface area contributed by atoms with Crippen LogP contribution in [0, 0.1) is 0 Å². The van der Waals surface area contributed by atoms with Crippen molar-refractivity contribution in [2.45, 2.75) is 77.0 Å². The van der Waals surface area contributed by atoms with Crippen molar-refractivity contribution in [2.24, 2.45) is 0 Å². The maximum Gasteiger partial charge on any atom is 0.289 e. The summed E-state index contributed by atoms with van der Waals surface area (Å²) in [5.41, 5.74) is 1.07. The highest BCUT2D eigenvalue weighted by atomic mass is 16.5. The van der Waals surface area contributed by atoms with Crippen LogP contribution >= 0.6 is 0 Å². The molecule has 1 spiro atoms. The third kappa shape index (κ3) is 5.23. The summed E-state index contributed by atoms with van der Waals surface area (Å²) in [6.07, 6.45) is 11.6. The first-order valence-electron chi connectivity index (χ1n) is 11.6. The minimum Gasteiger partial charge on any atom is -0.371 e. The lowest BCUT2D eigenvalue weighted by Gasteiger charge is -2.43. The summed E-state index contributed by atoms with van der Waals surface area (Å²) in [7, 11) is 0. The van der Waals surface area contributed by atoms with Gasteiger partial charge in [0.15, 0.2) is 0 Å². The highest BCUT2D eigenvalue weighted by molar-refractivity contribution is 5.91. The van der Waals surface area contributed by atoms with E-state index < -0.39 is 0 Å². The minimum atomic E-state index is -0.180. The lowest BCUT2D eigenvalue weighted by molar-refractivity contribution is -0.0658. The minimum absolute atomic E-state index is 0.0407. The number of aromatic nitrogens is 4. The highest BCUT2D eigenvalue weighted by Crippen LogP contribution is 2.34. The molecule has 2 aromatic rings. The third-order valence-corrected chi connectivity index (χ3v) is 6.27. The van der Waals surface area contributed by atoms with E-state index in [4.69, 9.17) is 4.74 Å². The zero-order valence-electron chi connectivity index (χ0n) is 18.7. The number of morpholine rings is 1. The van der Waals surface area contributed by atoms with Gasteiger partial charge in [-0.2, -0.15) is 0 Å². The Morgan fingerprint density at radius 2 is 1.90 bits per heavy atom. The maximum atomic E-state index is 12.8. The Balaban J connectivity index is 1.59. The Labute approximate surface area is 184 Å². The number of nitrogens with one attached hydrogen (secondary N) is 1. The van der Waals surface area contributed by atoms with E-state index in [0.717, 1.165) is 38.3 Å². The summed E-state index contributed by atoms with van der Waals surface area (Å²) in [4.78, 5) is 19.2. The van der Waals surface area contributed by atoms with Gasteiger partial charge in [-0.05, 0) is 50.8 Å². The number of rotatable bonds is 6. The molecule has 168 valence electrons. The number of carbonyl (C=O) groups is 1. The molecule has 1 saturated heterocycles. The first kappa shape index (κ1) is 21.7. The van der Waals surface area contributed by atoms with Crippen LogP contribution in [0.4, 0.5) is 5.95 Å². The summed E-state index contributed by atoms with van der Waals surface area (Å²) in [6, 6.07) is 4.05. The molecule has 0 aromatic carbocycles. The van der Waals surface area contributed by atoms with Crippen molar-refractivity contribution in [3.05, 3.63) is 35.9 Å². The molecule has 2 aliphatic rings. The fourth-order valence-electron chi connectivity index (χ4n) is 4.71. The number of anilines is 1. The van der Waals surface area contributed by atoms with E-state index in [-0.39, 0.29) is 17.6 Å². The van der Waals surface area contributed by atoms with Crippen LogP contribution in [0.5, 0.6) is 0 Å². The summed E-state index contributed by atoms with van der Waals surface area (Å²) < 4.78 is 8.31. The smallest absolute Gasteiger partial charge is 0.289 e. The highest BCUT2D eigenvalue weighted by Gasteiger charge is 2.38. The van der Waals surface area contributed by atoms with Gasteiger partial charge < -0.3 is 15.0 Å². The third-order valence-electron chi connectivity index (χ3n) is 6.27. The summed E-state index contributed by atoms with van der Waals surface area (Å²) in [6.45, 7) is 6.80. The number of pyridine rings is 1. The van der Waals surface area contributed by atoms with Crippen LogP contribution in [0.15, 0.2) is 24.5 Å². The van der Waals surface area contributed by atoms with Gasteiger partial charge in [-0.15, -0.1) is 10.2 Å². The van der Waals surface area contributed by atoms with Crippen LogP contribution < -0.4 is 10.2 Å². The fourth-order valence-corrected chi connectivity index (χ4v) is 4.71. The predicted octanol–water partition coefficient (Wildman–Crippen LogP) is 2.98. The first-order chi connectivity index (χ1) is 15.1. The van der Waals surface area contributed by atoms with Crippen LogP contribution in [0.1, 0.15) is 68.6 Å². The van der Waals surface area contributed by atoms with Gasteiger partial charge in [0, 0.05) is 38.1 Å². The molecule has 1 saturated carbocycles. The Morgan fingerprint density at radius 3 is 2.61 bits per heavy atom. The molecule has 31 heavy (non-hydrogen) atoms. The van der Waals surface area contributed by atoms with Crippen molar-refractivity contribution >= 4 is 11.9 Å². The second kappa shape index (κ2) is 9.77. The number of amides is 1. The fraction of sp³-hybridized carbons (Fsp3) is 0.652. The molecule has 2 fully saturated rings. The van der Waals surface area contributed by atoms with Crippen molar-refractivity contribution in [3.8, 4) is 0 Å². The van der Waals surface area contributed by atoms with Gasteiger partial charge in [-0.25, -0.2) is 0 Å². The van der Waals surface area contributed by atoms with Crippen LogP contribution in [0.25, 0.3) is 0 Å². The van der Waals surface area contributed by atoms with E-state index in [1.807, 2.05) is 30.5 Å². The van der Waals surface area contributed by atoms with Crippen LogP contribution in [-0.4, -0.2) is 57.0 Å². The molecular formula is C23H34N6O2. The molecular weight excluding hydrogens is 392 g/mol. The lowest BCUT2D eigenvalue weighted by atomic mass is 9.92. The van der Waals surface area contributed by atoms with Gasteiger partial charge in [0.05, 0.1) is 12.2 Å². The lowest BCUT2D eigenvalue weighted by Crippen LogP contribution is -2.52. The van der Waals surface area contributed by atoms with E-state index in [2.05, 4.69) is 25.4 Å². The van der Waals surface area contributed by atoms with Crippen molar-refractivity contribution in [3.63, 3.8) is 0 Å². The number of ether oxygens (including phenoxy) is 1. The van der Waals surface area contributed by atoms with E-state index in [9.17, 15) is 4.79 Å². The van der Waals surface area contributed by atoms with E-state index >= 15 is 0 Å². The first-order valence-corrected chi connectivity index (χ1v) is 11.6. The molecule has 0 radical (unpaired) electrons. The van der Waals surface area contributed by atoms with E-state index in [0.29, 0.717) is 19.0 Å². The maximum absolute atomic E-state index is 12.8. The van der Waals surface area contributed by atoms with Crippen LogP contribution in [0.3, 0.4) is 0 Å². The van der Waals surface area contributed by atoms with Gasteiger partial charge in [0.1, 0.15) is 0 Å². The standard InChI is InChI=1S/C23H34N6O2/c1-18(2)25-21(30)20-26-27-22(29(20)14-9-19-7-12-24-13-8-19)28-15-16-31-23(17-28)10-5-3-4-6-11-23/h7-8,12-13,18H,3-6,9-11,14-17H2,1-2H3,(H,25,30). The second-order valence-electron chi connectivity index (χ2n) is 9.08. The van der Waals surface area contributed by atoms with E-state index in [1.54, 1.807) is 12.4 Å². The average Bonchev–Trinajstić information content (AvgIpc) is 3.07. The molecule has 2 aromatic heterocycles. The van der Waals surface area contributed by atoms with Gasteiger partial charge in [-0.1, -0.05) is 25.7 Å². The van der Waals surface area contributed by atoms with Crippen LogP contribution in [0.2, 0.25) is 0 Å². The summed E-state index contributed by atoms with van der Waals surface area (Å²) >= 11 is 0. The largest absolute Gasteiger partial charge is 0.371 e. The normalized spacial score (nSPS) is 18.9. The second-order valence-corrected chi connectivity index (χ2v) is 9.08. The van der Waals surface area contributed by atoms with Gasteiger partial charge in [0.2, 0.25) is 11.8 Å². The molecule has 4 rings (SSSR count). The number of hydrogen-bond donors (Lipinski definition) is 1. The van der Waals surface area contributed by atoms with Crippen molar-refractivity contribution in [1.82, 2.24) is 25.1 Å². The predicted molar refractivity (Wildman–Crippen MR) is 119 cm³/mol. The molecule has 1 amide bonds. The number of nitrogens with zero attached hydrogens (tertiary/aromatic N) is 5. The molecule has 0 atom stereocenters. The van der Waals surface area contributed by atoms with Gasteiger partial charge in [-0.3, -0.25) is 14.3 Å². The molecule has 0 unspecified atom stereocenters. The van der Waals surface area contributed by atoms with E-state index in [1.165, 1.54) is 31.2 Å². The molecule has 1 aliphatic carbocycles. The molecule has 3 heterocycles. The topological polar surface area (TPSA) is 85.2 Å². The number of carbonyl (C=O) groups excluding carboxylic acids is 1. The van der Waals surface area contributed by atoms with Crippen molar-refractivity contribution < 1.29 is 9.53 Å². The number of hydrogen-bond acceptors (Lipinski definition) is 6. The zero-order chi connectivity index (χ0) is 21.7. The average molecular weight is 427 g/mol. The molecule has 0 bridgehead atoms. The van der Waals surface area contributed by atoms with Gasteiger partial charge in [0.25, 0.3) is 5.91 Å². The van der Waals surface area contributed by atoms with Crippen molar-refractivity contribution in [1.29, 1.82) is 0 Å². The Hall–Kier alpha value is -2.48. The summed E-state index contributed by atoms with van der Waals surface area (Å²) in [5, 5.41) is 11.8. The zero-order valence-corrected chi connectivity index (χ0v) is 18.7. The number of aryl methyl sites for hydroxylation is 1. The molecule has 1 N–H and O–H groups in total. The SMILES string of the molecule is CC(C)NC(=O)c1nnc(N2CCOC3(CCCCCC3)C2)n1CCc1ccncc1. The molecule has 8 nitrogen and oxygen atoms in total. The Kier molecular flexibility index (Phi) is 6.85. The Bertz CT molecular complexity index is 858. The van der Waals surface area contributed by atoms with Crippen molar-refractivity contribution in [2.75, 3.05) is 24.6 Å². The Morgan fingerprint density at radius 1 is 1.16 bits per heavy atom. The monoisotopic (exact) mass is 426 g/mol. The molecule has 1 aliphatic heterocycles.